The molecule has 0 aliphatic carbocycles. The van der Waals surface area contributed by atoms with Crippen molar-refractivity contribution in [3.05, 3.63) is 85.7 Å². The Morgan fingerprint density at radius 1 is 0.741 bits per heavy atom. The summed E-state index contributed by atoms with van der Waals surface area (Å²) in [6, 6.07) is 21.7. The number of aromatic nitrogens is 2. The quantitative estimate of drug-likeness (QED) is 0.288. The highest BCUT2D eigenvalue weighted by atomic mass is 79.9. The molecule has 2 nitrogen and oxygen atoms in total. The first-order chi connectivity index (χ1) is 13.0. The summed E-state index contributed by atoms with van der Waals surface area (Å²) in [5, 5.41) is 0.985. The van der Waals surface area contributed by atoms with E-state index in [9.17, 15) is 0 Å². The average molecular weight is 523 g/mol. The van der Waals surface area contributed by atoms with Crippen LogP contribution in [0.2, 0.25) is 10.0 Å². The number of nitrogens with zero attached hydrogens (tertiary/aromatic N) is 1. The van der Waals surface area contributed by atoms with E-state index in [2.05, 4.69) is 36.8 Å². The summed E-state index contributed by atoms with van der Waals surface area (Å²) in [6.07, 6.45) is 0. The fourth-order valence-corrected chi connectivity index (χ4v) is 3.75. The molecule has 1 heterocycles. The maximum absolute atomic E-state index is 6.42. The van der Waals surface area contributed by atoms with Gasteiger partial charge < -0.3 is 4.98 Å². The Kier molecular flexibility index (Phi) is 5.42. The molecule has 0 saturated heterocycles. The summed E-state index contributed by atoms with van der Waals surface area (Å²) in [5.41, 5.74) is 4.60. The Labute approximate surface area is 183 Å². The summed E-state index contributed by atoms with van der Waals surface area (Å²) in [7, 11) is 0. The van der Waals surface area contributed by atoms with Crippen molar-refractivity contribution >= 4 is 55.1 Å². The van der Waals surface area contributed by atoms with E-state index < -0.39 is 0 Å². The number of halogens is 4. The Bertz CT molecular complexity index is 1040. The number of nitrogens with one attached hydrogen (secondary N) is 1. The minimum absolute atomic E-state index is 0.484. The highest BCUT2D eigenvalue weighted by molar-refractivity contribution is 9.10. The van der Waals surface area contributed by atoms with E-state index in [1.807, 2.05) is 60.7 Å². The second-order valence-electron chi connectivity index (χ2n) is 5.92. The molecule has 0 aliphatic rings. The van der Waals surface area contributed by atoms with Crippen molar-refractivity contribution in [3.63, 3.8) is 0 Å². The standard InChI is InChI=1S/C21H12Br2Cl2N2/c22-14-8-4-12(5-9-14)19-20(13-6-10-15(23)11-7-13)27-21(26-19)16-2-1-3-17(24)18(16)25/h1-11H,(H,26,27). The number of aromatic amines is 1. The molecule has 0 radical (unpaired) electrons. The minimum Gasteiger partial charge on any atom is -0.337 e. The maximum Gasteiger partial charge on any atom is 0.140 e. The van der Waals surface area contributed by atoms with Gasteiger partial charge in [0.25, 0.3) is 0 Å². The van der Waals surface area contributed by atoms with Crippen LogP contribution in [0, 0.1) is 0 Å². The molecule has 0 aliphatic heterocycles. The summed E-state index contributed by atoms with van der Waals surface area (Å²) < 4.78 is 2.04. The fraction of sp³-hybridized carbons (Fsp3) is 0. The monoisotopic (exact) mass is 520 g/mol. The molecule has 0 bridgehead atoms. The predicted octanol–water partition coefficient (Wildman–Crippen LogP) is 8.24. The fourth-order valence-electron chi connectivity index (χ4n) is 2.83. The van der Waals surface area contributed by atoms with Gasteiger partial charge in [0, 0.05) is 25.6 Å². The topological polar surface area (TPSA) is 28.7 Å². The Morgan fingerprint density at radius 2 is 1.33 bits per heavy atom. The van der Waals surface area contributed by atoms with Gasteiger partial charge in [-0.15, -0.1) is 0 Å². The van der Waals surface area contributed by atoms with Crippen LogP contribution in [0.1, 0.15) is 0 Å². The molecule has 0 fully saturated rings. The van der Waals surface area contributed by atoms with Crippen LogP contribution in [0.25, 0.3) is 33.9 Å². The zero-order valence-corrected chi connectivity index (χ0v) is 18.5. The lowest BCUT2D eigenvalue weighted by molar-refractivity contribution is 1.31. The average Bonchev–Trinajstić information content (AvgIpc) is 3.10. The molecule has 0 saturated carbocycles. The largest absolute Gasteiger partial charge is 0.337 e. The lowest BCUT2D eigenvalue weighted by Crippen LogP contribution is -1.83. The molecule has 1 aromatic heterocycles. The van der Waals surface area contributed by atoms with Gasteiger partial charge in [0.05, 0.1) is 21.4 Å². The first-order valence-corrected chi connectivity index (χ1v) is 10.4. The molecule has 27 heavy (non-hydrogen) atoms. The van der Waals surface area contributed by atoms with Gasteiger partial charge in [-0.1, -0.05) is 85.4 Å². The number of imidazole rings is 1. The molecule has 4 aromatic rings. The van der Waals surface area contributed by atoms with Gasteiger partial charge in [-0.25, -0.2) is 4.98 Å². The number of benzene rings is 3. The number of hydrogen-bond donors (Lipinski definition) is 1. The summed E-state index contributed by atoms with van der Waals surface area (Å²) >= 11 is 19.6. The molecule has 3 aromatic carbocycles. The second kappa shape index (κ2) is 7.80. The van der Waals surface area contributed by atoms with Crippen molar-refractivity contribution in [2.45, 2.75) is 0 Å². The SMILES string of the molecule is Clc1cccc(-c2nc(-c3ccc(Br)cc3)c(-c3ccc(Br)cc3)[nH]2)c1Cl. The van der Waals surface area contributed by atoms with Crippen LogP contribution in [0.3, 0.4) is 0 Å². The van der Waals surface area contributed by atoms with Crippen molar-refractivity contribution in [3.8, 4) is 33.9 Å². The molecule has 6 heteroatoms. The maximum atomic E-state index is 6.42. The van der Waals surface area contributed by atoms with Crippen LogP contribution in [-0.4, -0.2) is 9.97 Å². The van der Waals surface area contributed by atoms with Gasteiger partial charge >= 0.3 is 0 Å². The molecule has 0 unspecified atom stereocenters. The highest BCUT2D eigenvalue weighted by Crippen LogP contribution is 2.37. The lowest BCUT2D eigenvalue weighted by atomic mass is 10.1. The molecule has 0 amide bonds. The van der Waals surface area contributed by atoms with Crippen LogP contribution in [-0.2, 0) is 0 Å². The van der Waals surface area contributed by atoms with Gasteiger partial charge in [-0.3, -0.25) is 0 Å². The molecule has 0 spiro atoms. The van der Waals surface area contributed by atoms with E-state index >= 15 is 0 Å². The van der Waals surface area contributed by atoms with Crippen molar-refractivity contribution in [1.82, 2.24) is 9.97 Å². The van der Waals surface area contributed by atoms with Crippen molar-refractivity contribution in [2.24, 2.45) is 0 Å². The van der Waals surface area contributed by atoms with E-state index in [4.69, 9.17) is 28.2 Å². The van der Waals surface area contributed by atoms with Crippen molar-refractivity contribution < 1.29 is 0 Å². The van der Waals surface area contributed by atoms with Gasteiger partial charge in [-0.05, 0) is 36.4 Å². The van der Waals surface area contributed by atoms with Gasteiger partial charge in [0.2, 0.25) is 0 Å². The molecule has 1 N–H and O–H groups in total. The number of hydrogen-bond acceptors (Lipinski definition) is 1. The normalized spacial score (nSPS) is 11.0. The van der Waals surface area contributed by atoms with Crippen LogP contribution in [0.5, 0.6) is 0 Å². The van der Waals surface area contributed by atoms with Crippen LogP contribution in [0.15, 0.2) is 75.7 Å². The van der Waals surface area contributed by atoms with Crippen molar-refractivity contribution in [1.29, 1.82) is 0 Å². The van der Waals surface area contributed by atoms with Gasteiger partial charge in [0.1, 0.15) is 5.82 Å². The summed E-state index contributed by atoms with van der Waals surface area (Å²) in [6.45, 7) is 0. The van der Waals surface area contributed by atoms with Crippen LogP contribution in [0.4, 0.5) is 0 Å². The Hall–Kier alpha value is -1.59. The lowest BCUT2D eigenvalue weighted by Gasteiger charge is -2.04. The third kappa shape index (κ3) is 3.85. The van der Waals surface area contributed by atoms with E-state index in [1.165, 1.54) is 0 Å². The van der Waals surface area contributed by atoms with E-state index in [0.29, 0.717) is 15.9 Å². The van der Waals surface area contributed by atoms with E-state index in [0.717, 1.165) is 37.0 Å². The number of rotatable bonds is 3. The van der Waals surface area contributed by atoms with Crippen LogP contribution < -0.4 is 0 Å². The predicted molar refractivity (Wildman–Crippen MR) is 120 cm³/mol. The van der Waals surface area contributed by atoms with Gasteiger partial charge in [-0.2, -0.15) is 0 Å². The van der Waals surface area contributed by atoms with Crippen LogP contribution >= 0.6 is 55.1 Å². The molecular formula is C21H12Br2Cl2N2. The zero-order valence-electron chi connectivity index (χ0n) is 13.8. The van der Waals surface area contributed by atoms with E-state index in [-0.39, 0.29) is 0 Å². The smallest absolute Gasteiger partial charge is 0.140 e. The second-order valence-corrected chi connectivity index (χ2v) is 8.54. The zero-order chi connectivity index (χ0) is 19.0. The molecule has 4 rings (SSSR count). The van der Waals surface area contributed by atoms with Gasteiger partial charge in [0.15, 0.2) is 0 Å². The first kappa shape index (κ1) is 18.8. The third-order valence-corrected chi connectivity index (χ3v) is 6.04. The minimum atomic E-state index is 0.484. The first-order valence-electron chi connectivity index (χ1n) is 8.09. The number of H-pyrrole nitrogens is 1. The Morgan fingerprint density at radius 3 is 1.96 bits per heavy atom. The molecular weight excluding hydrogens is 511 g/mol. The van der Waals surface area contributed by atoms with E-state index in [1.54, 1.807) is 6.07 Å². The Balaban J connectivity index is 1.93. The molecule has 0 atom stereocenters. The molecule has 134 valence electrons. The van der Waals surface area contributed by atoms with Crippen molar-refractivity contribution in [2.75, 3.05) is 0 Å². The highest BCUT2D eigenvalue weighted by Gasteiger charge is 2.17. The third-order valence-electron chi connectivity index (χ3n) is 4.16. The summed E-state index contributed by atoms with van der Waals surface area (Å²) in [4.78, 5) is 8.29. The summed E-state index contributed by atoms with van der Waals surface area (Å²) in [5.74, 6) is 0.679.